The molecule has 12 heavy (non-hydrogen) atoms. The molecule has 0 aromatic rings. The van der Waals surface area contributed by atoms with Crippen molar-refractivity contribution in [1.82, 2.24) is 0 Å². The highest BCUT2D eigenvalue weighted by molar-refractivity contribution is 4.96. The van der Waals surface area contributed by atoms with Crippen molar-refractivity contribution >= 4 is 0 Å². The monoisotopic (exact) mass is 170 g/mol. The molecule has 0 radical (unpaired) electrons. The number of hydrogen-bond acceptors (Lipinski definition) is 2. The van der Waals surface area contributed by atoms with Gasteiger partial charge >= 0.3 is 0 Å². The van der Waals surface area contributed by atoms with Gasteiger partial charge in [-0.15, -0.1) is 0 Å². The number of fused-ring (bicyclic) bond motifs is 1. The molecule has 1 heterocycles. The van der Waals surface area contributed by atoms with Gasteiger partial charge in [0.25, 0.3) is 0 Å². The molecule has 1 saturated heterocycles. The summed E-state index contributed by atoms with van der Waals surface area (Å²) in [4.78, 5) is 0. The molecule has 2 heteroatoms. The molecule has 0 aromatic heterocycles. The summed E-state index contributed by atoms with van der Waals surface area (Å²) in [5.41, 5.74) is -0.461. The number of ether oxygens (including phenoxy) is 1. The van der Waals surface area contributed by atoms with Crippen molar-refractivity contribution in [3.8, 4) is 0 Å². The van der Waals surface area contributed by atoms with E-state index in [2.05, 4.69) is 6.92 Å². The van der Waals surface area contributed by atoms with Crippen LogP contribution in [0.5, 0.6) is 0 Å². The van der Waals surface area contributed by atoms with E-state index < -0.39 is 5.60 Å². The molecule has 70 valence electrons. The van der Waals surface area contributed by atoms with Crippen LogP contribution in [-0.4, -0.2) is 22.9 Å². The minimum Gasteiger partial charge on any atom is -0.390 e. The highest BCUT2D eigenvalue weighted by atomic mass is 16.6. The molecule has 4 unspecified atom stereocenters. The zero-order valence-electron chi connectivity index (χ0n) is 7.92. The van der Waals surface area contributed by atoms with Gasteiger partial charge in [-0.2, -0.15) is 0 Å². The molecule has 2 rings (SSSR count). The summed E-state index contributed by atoms with van der Waals surface area (Å²) in [7, 11) is 0. The topological polar surface area (TPSA) is 32.8 Å². The van der Waals surface area contributed by atoms with Gasteiger partial charge in [-0.3, -0.25) is 0 Å². The second-order valence-electron chi connectivity index (χ2n) is 4.43. The third kappa shape index (κ3) is 1.38. The molecular formula is C10H18O2. The van der Waals surface area contributed by atoms with Crippen LogP contribution in [0.2, 0.25) is 0 Å². The Kier molecular flexibility index (Phi) is 1.92. The van der Waals surface area contributed by atoms with Crippen LogP contribution in [0.3, 0.4) is 0 Å². The lowest BCUT2D eigenvalue weighted by Gasteiger charge is -2.33. The Labute approximate surface area is 73.9 Å². The van der Waals surface area contributed by atoms with Gasteiger partial charge in [-0.1, -0.05) is 6.92 Å². The van der Waals surface area contributed by atoms with Gasteiger partial charge in [0.15, 0.2) is 0 Å². The number of hydrogen-bond donors (Lipinski definition) is 1. The Morgan fingerprint density at radius 2 is 2.17 bits per heavy atom. The van der Waals surface area contributed by atoms with Crippen LogP contribution in [0.15, 0.2) is 0 Å². The van der Waals surface area contributed by atoms with Crippen LogP contribution in [0.25, 0.3) is 0 Å². The first-order chi connectivity index (χ1) is 5.63. The van der Waals surface area contributed by atoms with Crippen molar-refractivity contribution in [1.29, 1.82) is 0 Å². The van der Waals surface area contributed by atoms with Crippen LogP contribution in [-0.2, 0) is 4.74 Å². The van der Waals surface area contributed by atoms with E-state index in [4.69, 9.17) is 4.74 Å². The minimum atomic E-state index is -0.461. The minimum absolute atomic E-state index is 0.461. The average Bonchev–Trinajstić information content (AvgIpc) is 2.81. The van der Waals surface area contributed by atoms with E-state index in [1.807, 2.05) is 6.92 Å². The summed E-state index contributed by atoms with van der Waals surface area (Å²) >= 11 is 0. The summed E-state index contributed by atoms with van der Waals surface area (Å²) in [5.74, 6) is 0.464. The van der Waals surface area contributed by atoms with E-state index >= 15 is 0 Å². The number of rotatable bonds is 2. The first kappa shape index (κ1) is 8.52. The third-order valence-electron chi connectivity index (χ3n) is 3.60. The lowest BCUT2D eigenvalue weighted by atomic mass is 9.77. The van der Waals surface area contributed by atoms with Crippen LogP contribution in [0, 0.1) is 5.92 Å². The maximum atomic E-state index is 10.0. The van der Waals surface area contributed by atoms with E-state index in [1.54, 1.807) is 0 Å². The number of epoxide rings is 1. The Balaban J connectivity index is 1.95. The first-order valence-corrected chi connectivity index (χ1v) is 5.01. The van der Waals surface area contributed by atoms with E-state index in [0.717, 1.165) is 25.7 Å². The second kappa shape index (κ2) is 2.71. The normalized spacial score (nSPS) is 44.8. The van der Waals surface area contributed by atoms with Crippen molar-refractivity contribution in [3.63, 3.8) is 0 Å². The summed E-state index contributed by atoms with van der Waals surface area (Å²) in [6.07, 6.45) is 5.27. The molecule has 0 amide bonds. The van der Waals surface area contributed by atoms with E-state index in [0.29, 0.717) is 18.1 Å². The van der Waals surface area contributed by atoms with Crippen LogP contribution < -0.4 is 0 Å². The molecular weight excluding hydrogens is 152 g/mol. The maximum absolute atomic E-state index is 10.0. The summed E-state index contributed by atoms with van der Waals surface area (Å²) < 4.78 is 5.44. The van der Waals surface area contributed by atoms with Gasteiger partial charge in [0, 0.05) is 0 Å². The largest absolute Gasteiger partial charge is 0.390 e. The molecule has 1 saturated carbocycles. The summed E-state index contributed by atoms with van der Waals surface area (Å²) in [6.45, 7) is 4.01. The van der Waals surface area contributed by atoms with Gasteiger partial charge in [0.2, 0.25) is 0 Å². The number of aliphatic hydroxyl groups is 1. The smallest absolute Gasteiger partial charge is 0.0845 e. The van der Waals surface area contributed by atoms with Crippen molar-refractivity contribution in [2.75, 3.05) is 0 Å². The maximum Gasteiger partial charge on any atom is 0.0845 e. The first-order valence-electron chi connectivity index (χ1n) is 5.01. The Bertz CT molecular complexity index is 177. The van der Waals surface area contributed by atoms with E-state index in [9.17, 15) is 5.11 Å². The summed E-state index contributed by atoms with van der Waals surface area (Å²) in [5, 5.41) is 10.0. The standard InChI is InChI=1S/C10H18O2/c1-3-10(2,11)7-4-5-8-9(6-7)12-8/h7-9,11H,3-6H2,1-2H3. The molecule has 0 bridgehead atoms. The molecule has 2 aliphatic rings. The average molecular weight is 170 g/mol. The lowest BCUT2D eigenvalue weighted by Crippen LogP contribution is -2.36. The predicted molar refractivity (Wildman–Crippen MR) is 46.9 cm³/mol. The van der Waals surface area contributed by atoms with Gasteiger partial charge in [-0.25, -0.2) is 0 Å². The molecule has 0 aromatic carbocycles. The second-order valence-corrected chi connectivity index (χ2v) is 4.43. The lowest BCUT2D eigenvalue weighted by molar-refractivity contribution is -0.0168. The zero-order chi connectivity index (χ0) is 8.77. The van der Waals surface area contributed by atoms with Gasteiger partial charge in [0.1, 0.15) is 0 Å². The van der Waals surface area contributed by atoms with Crippen LogP contribution in [0.4, 0.5) is 0 Å². The third-order valence-corrected chi connectivity index (χ3v) is 3.60. The van der Waals surface area contributed by atoms with E-state index in [1.165, 1.54) is 0 Å². The fraction of sp³-hybridized carbons (Fsp3) is 1.00. The van der Waals surface area contributed by atoms with Gasteiger partial charge < -0.3 is 9.84 Å². The molecule has 2 nitrogen and oxygen atoms in total. The molecule has 1 N–H and O–H groups in total. The van der Waals surface area contributed by atoms with Crippen LogP contribution in [0.1, 0.15) is 39.5 Å². The zero-order valence-corrected chi connectivity index (χ0v) is 7.92. The van der Waals surface area contributed by atoms with Crippen molar-refractivity contribution in [2.24, 2.45) is 5.92 Å². The molecule has 0 spiro atoms. The molecule has 1 aliphatic heterocycles. The fourth-order valence-electron chi connectivity index (χ4n) is 2.26. The Hall–Kier alpha value is -0.0800. The van der Waals surface area contributed by atoms with Crippen molar-refractivity contribution in [3.05, 3.63) is 0 Å². The Morgan fingerprint density at radius 3 is 2.75 bits per heavy atom. The SMILES string of the molecule is CCC(C)(O)C1CCC2OC2C1. The highest BCUT2D eigenvalue weighted by Crippen LogP contribution is 2.43. The summed E-state index contributed by atoms with van der Waals surface area (Å²) in [6, 6.07) is 0. The predicted octanol–water partition coefficient (Wildman–Crippen LogP) is 1.71. The van der Waals surface area contributed by atoms with Crippen molar-refractivity contribution in [2.45, 2.75) is 57.3 Å². The van der Waals surface area contributed by atoms with Crippen molar-refractivity contribution < 1.29 is 9.84 Å². The molecule has 2 fully saturated rings. The fourth-order valence-corrected chi connectivity index (χ4v) is 2.26. The molecule has 4 atom stereocenters. The Morgan fingerprint density at radius 1 is 1.42 bits per heavy atom. The van der Waals surface area contributed by atoms with E-state index in [-0.39, 0.29) is 0 Å². The van der Waals surface area contributed by atoms with Gasteiger partial charge in [0.05, 0.1) is 17.8 Å². The van der Waals surface area contributed by atoms with Crippen LogP contribution >= 0.6 is 0 Å². The quantitative estimate of drug-likeness (QED) is 0.640. The van der Waals surface area contributed by atoms with Gasteiger partial charge in [-0.05, 0) is 38.5 Å². The highest BCUT2D eigenvalue weighted by Gasteiger charge is 2.47. The molecule has 1 aliphatic carbocycles.